The van der Waals surface area contributed by atoms with Gasteiger partial charge in [-0.25, -0.2) is 9.37 Å². The van der Waals surface area contributed by atoms with Crippen LogP contribution in [0.15, 0.2) is 30.5 Å². The lowest BCUT2D eigenvalue weighted by molar-refractivity contribution is -0.136. The summed E-state index contributed by atoms with van der Waals surface area (Å²) in [5.74, 6) is -1.42. The lowest BCUT2D eigenvalue weighted by Crippen LogP contribution is -2.08. The number of rotatable bonds is 4. The Morgan fingerprint density at radius 3 is 2.73 bits per heavy atom. The van der Waals surface area contributed by atoms with Gasteiger partial charge in [0.25, 0.3) is 0 Å². The molecule has 0 aliphatic heterocycles. The van der Waals surface area contributed by atoms with Gasteiger partial charge in [-0.3, -0.25) is 4.79 Å². The van der Waals surface area contributed by atoms with Crippen molar-refractivity contribution in [1.29, 1.82) is 5.26 Å². The zero-order chi connectivity index (χ0) is 16.3. The summed E-state index contributed by atoms with van der Waals surface area (Å²) in [6.45, 7) is 3.77. The topological polar surface area (TPSA) is 74.0 Å². The summed E-state index contributed by atoms with van der Waals surface area (Å²) in [4.78, 5) is 15.1. The molecule has 1 aromatic heterocycles. The summed E-state index contributed by atoms with van der Waals surface area (Å²) in [6.07, 6.45) is 1.26. The van der Waals surface area contributed by atoms with Gasteiger partial charge in [0.2, 0.25) is 0 Å². The van der Waals surface area contributed by atoms with Crippen molar-refractivity contribution >= 4 is 5.97 Å². The quantitative estimate of drug-likeness (QED) is 0.937. The molecular formula is C17H15FN2O2. The smallest absolute Gasteiger partial charge is 0.307 e. The Morgan fingerprint density at radius 2 is 2.14 bits per heavy atom. The number of carboxylic acids is 1. The normalized spacial score (nSPS) is 10.5. The molecule has 0 aliphatic carbocycles. The molecule has 2 rings (SSSR count). The van der Waals surface area contributed by atoms with E-state index in [9.17, 15) is 9.18 Å². The molecule has 0 aliphatic rings. The number of carbonyl (C=O) groups is 1. The van der Waals surface area contributed by atoms with Gasteiger partial charge in [0.05, 0.1) is 6.42 Å². The van der Waals surface area contributed by atoms with E-state index in [0.29, 0.717) is 22.3 Å². The highest BCUT2D eigenvalue weighted by atomic mass is 19.1. The van der Waals surface area contributed by atoms with Crippen molar-refractivity contribution in [3.8, 4) is 17.2 Å². The second-order valence-corrected chi connectivity index (χ2v) is 5.29. The fraction of sp³-hybridized carbons (Fsp3) is 0.235. The minimum Gasteiger partial charge on any atom is -0.481 e. The van der Waals surface area contributed by atoms with Gasteiger partial charge >= 0.3 is 5.97 Å². The fourth-order valence-electron chi connectivity index (χ4n) is 2.44. The van der Waals surface area contributed by atoms with Gasteiger partial charge in [-0.2, -0.15) is 5.26 Å². The molecule has 1 heterocycles. The summed E-state index contributed by atoms with van der Waals surface area (Å²) in [6, 6.07) is 7.78. The minimum absolute atomic E-state index is 0.0129. The van der Waals surface area contributed by atoms with Crippen LogP contribution in [0.2, 0.25) is 0 Å². The Balaban J connectivity index is 2.72. The van der Waals surface area contributed by atoms with Crippen molar-refractivity contribution in [2.45, 2.75) is 26.2 Å². The van der Waals surface area contributed by atoms with Crippen molar-refractivity contribution in [1.82, 2.24) is 4.98 Å². The largest absolute Gasteiger partial charge is 0.481 e. The molecule has 0 spiro atoms. The van der Waals surface area contributed by atoms with E-state index in [-0.39, 0.29) is 18.0 Å². The van der Waals surface area contributed by atoms with E-state index in [2.05, 4.69) is 4.98 Å². The third kappa shape index (κ3) is 3.29. The molecule has 0 bridgehead atoms. The molecule has 4 nitrogen and oxygen atoms in total. The molecular weight excluding hydrogens is 283 g/mol. The van der Waals surface area contributed by atoms with Crippen LogP contribution in [-0.2, 0) is 11.2 Å². The van der Waals surface area contributed by atoms with E-state index in [0.717, 1.165) is 0 Å². The van der Waals surface area contributed by atoms with Crippen molar-refractivity contribution < 1.29 is 14.3 Å². The Kier molecular flexibility index (Phi) is 4.52. The molecule has 0 saturated carbocycles. The SMILES string of the molecule is CC(C)c1cc(F)cc(-c2ccnc(C#N)c2)c1CC(=O)O. The van der Waals surface area contributed by atoms with Crippen molar-refractivity contribution in [3.63, 3.8) is 0 Å². The Bertz CT molecular complexity index is 764. The third-order valence-corrected chi connectivity index (χ3v) is 3.38. The lowest BCUT2D eigenvalue weighted by atomic mass is 9.88. The number of hydrogen-bond acceptors (Lipinski definition) is 3. The number of hydrogen-bond donors (Lipinski definition) is 1. The van der Waals surface area contributed by atoms with E-state index in [1.807, 2.05) is 19.9 Å². The van der Waals surface area contributed by atoms with E-state index >= 15 is 0 Å². The first-order valence-corrected chi connectivity index (χ1v) is 6.83. The molecule has 112 valence electrons. The van der Waals surface area contributed by atoms with Gasteiger partial charge in [-0.05, 0) is 52.4 Å². The average molecular weight is 298 g/mol. The highest BCUT2D eigenvalue weighted by Crippen LogP contribution is 2.32. The van der Waals surface area contributed by atoms with Crippen LogP contribution < -0.4 is 0 Å². The second-order valence-electron chi connectivity index (χ2n) is 5.29. The molecule has 0 radical (unpaired) electrons. The monoisotopic (exact) mass is 298 g/mol. The first-order chi connectivity index (χ1) is 10.4. The Hall–Kier alpha value is -2.74. The molecule has 2 aromatic rings. The predicted molar refractivity (Wildman–Crippen MR) is 79.8 cm³/mol. The number of benzene rings is 1. The first kappa shape index (κ1) is 15.6. The van der Waals surface area contributed by atoms with Crippen LogP contribution in [-0.4, -0.2) is 16.1 Å². The number of nitriles is 1. The molecule has 1 aromatic carbocycles. The van der Waals surface area contributed by atoms with Crippen LogP contribution in [0.5, 0.6) is 0 Å². The highest BCUT2D eigenvalue weighted by Gasteiger charge is 2.18. The minimum atomic E-state index is -0.982. The van der Waals surface area contributed by atoms with Crippen molar-refractivity contribution in [3.05, 3.63) is 53.1 Å². The Labute approximate surface area is 127 Å². The maximum Gasteiger partial charge on any atom is 0.307 e. The van der Waals surface area contributed by atoms with Gasteiger partial charge in [0.1, 0.15) is 17.6 Å². The number of aliphatic carboxylic acids is 1. The van der Waals surface area contributed by atoms with E-state index in [4.69, 9.17) is 10.4 Å². The zero-order valence-electron chi connectivity index (χ0n) is 12.3. The zero-order valence-corrected chi connectivity index (χ0v) is 12.3. The molecule has 0 fully saturated rings. The first-order valence-electron chi connectivity index (χ1n) is 6.83. The summed E-state index contributed by atoms with van der Waals surface area (Å²) >= 11 is 0. The van der Waals surface area contributed by atoms with Gasteiger partial charge in [0, 0.05) is 6.20 Å². The molecule has 5 heteroatoms. The molecule has 1 N–H and O–H groups in total. The van der Waals surface area contributed by atoms with E-state index < -0.39 is 11.8 Å². The number of carboxylic acid groups (broad SMARTS) is 1. The summed E-state index contributed by atoms with van der Waals surface area (Å²) in [5.41, 5.74) is 2.51. The van der Waals surface area contributed by atoms with E-state index in [1.165, 1.54) is 24.4 Å². The highest BCUT2D eigenvalue weighted by molar-refractivity contribution is 5.78. The average Bonchev–Trinajstić information content (AvgIpc) is 2.48. The van der Waals surface area contributed by atoms with Crippen LogP contribution in [0, 0.1) is 17.1 Å². The van der Waals surface area contributed by atoms with Gasteiger partial charge in [0.15, 0.2) is 0 Å². The summed E-state index contributed by atoms with van der Waals surface area (Å²) in [5, 5.41) is 18.1. The van der Waals surface area contributed by atoms with Crippen LogP contribution in [0.4, 0.5) is 4.39 Å². The van der Waals surface area contributed by atoms with Crippen molar-refractivity contribution in [2.24, 2.45) is 0 Å². The van der Waals surface area contributed by atoms with Crippen LogP contribution in [0.3, 0.4) is 0 Å². The number of halogens is 1. The lowest BCUT2D eigenvalue weighted by Gasteiger charge is -2.17. The second kappa shape index (κ2) is 6.35. The standard InChI is InChI=1S/C17H15FN2O2/c1-10(2)14-6-12(18)7-15(16(14)8-17(21)22)11-3-4-20-13(5-11)9-19/h3-7,10H,8H2,1-2H3,(H,21,22). The summed E-state index contributed by atoms with van der Waals surface area (Å²) in [7, 11) is 0. The number of aromatic nitrogens is 1. The van der Waals surface area contributed by atoms with Crippen LogP contribution in [0.1, 0.15) is 36.6 Å². The Morgan fingerprint density at radius 1 is 1.41 bits per heavy atom. The predicted octanol–water partition coefficient (Wildman–Crippen LogP) is 3.51. The fourth-order valence-corrected chi connectivity index (χ4v) is 2.44. The van der Waals surface area contributed by atoms with Gasteiger partial charge in [-0.15, -0.1) is 0 Å². The molecule has 0 saturated heterocycles. The summed E-state index contributed by atoms with van der Waals surface area (Å²) < 4.78 is 13.9. The van der Waals surface area contributed by atoms with E-state index in [1.54, 1.807) is 6.07 Å². The molecule has 0 amide bonds. The third-order valence-electron chi connectivity index (χ3n) is 3.38. The van der Waals surface area contributed by atoms with Crippen LogP contribution >= 0.6 is 0 Å². The maximum absolute atomic E-state index is 13.9. The van der Waals surface area contributed by atoms with Gasteiger partial charge < -0.3 is 5.11 Å². The number of pyridine rings is 1. The van der Waals surface area contributed by atoms with Crippen LogP contribution in [0.25, 0.3) is 11.1 Å². The van der Waals surface area contributed by atoms with Gasteiger partial charge in [-0.1, -0.05) is 13.8 Å². The molecule has 0 atom stereocenters. The maximum atomic E-state index is 13.9. The molecule has 22 heavy (non-hydrogen) atoms. The van der Waals surface area contributed by atoms with Crippen molar-refractivity contribution in [2.75, 3.05) is 0 Å². The molecule has 0 unspecified atom stereocenters. The number of nitrogens with zero attached hydrogens (tertiary/aromatic N) is 2.